The minimum Gasteiger partial charge on any atom is -0.353 e. The molecule has 1 amide bonds. The number of hydrogen-bond acceptors (Lipinski definition) is 1. The van der Waals surface area contributed by atoms with Gasteiger partial charge in [0.2, 0.25) is 5.91 Å². The minimum absolute atomic E-state index is 0.195. The Morgan fingerprint density at radius 1 is 1.07 bits per heavy atom. The molecule has 0 aliphatic heterocycles. The van der Waals surface area contributed by atoms with Gasteiger partial charge >= 0.3 is 0 Å². The first-order valence-corrected chi connectivity index (χ1v) is 12.1. The van der Waals surface area contributed by atoms with Crippen LogP contribution in [0.1, 0.15) is 97.3 Å². The molecule has 0 unspecified atom stereocenters. The normalized spacial score (nSPS) is 45.8. The van der Waals surface area contributed by atoms with E-state index in [1.54, 1.807) is 5.57 Å². The van der Waals surface area contributed by atoms with Crippen LogP contribution in [-0.4, -0.2) is 11.9 Å². The van der Waals surface area contributed by atoms with Gasteiger partial charge in [0.1, 0.15) is 0 Å². The first kappa shape index (κ1) is 18.9. The van der Waals surface area contributed by atoms with Crippen LogP contribution < -0.4 is 5.32 Å². The fourth-order valence-corrected chi connectivity index (χ4v) is 8.49. The molecule has 154 valence electrons. The molecule has 0 aromatic rings. The maximum absolute atomic E-state index is 13.6. The first-order valence-electron chi connectivity index (χ1n) is 12.1. The molecule has 0 radical (unpaired) electrons. The van der Waals surface area contributed by atoms with Crippen LogP contribution in [0.4, 0.5) is 0 Å². The van der Waals surface area contributed by atoms with Crippen LogP contribution in [0.2, 0.25) is 0 Å². The third-order valence-corrected chi connectivity index (χ3v) is 9.87. The molecule has 1 spiro atoms. The largest absolute Gasteiger partial charge is 0.353 e. The maximum atomic E-state index is 13.6. The fourth-order valence-electron chi connectivity index (χ4n) is 8.49. The average Bonchev–Trinajstić information content (AvgIpc) is 2.90. The molecular weight excluding hydrogens is 342 g/mol. The number of amides is 1. The first-order chi connectivity index (χ1) is 13.4. The Morgan fingerprint density at radius 3 is 2.64 bits per heavy atom. The van der Waals surface area contributed by atoms with Crippen molar-refractivity contribution in [2.24, 2.45) is 28.1 Å². The monoisotopic (exact) mass is 381 g/mol. The minimum atomic E-state index is -0.195. The van der Waals surface area contributed by atoms with E-state index in [-0.39, 0.29) is 10.8 Å². The SMILES string of the molecule is C=C1C[C@@]23CC[C@@H]4[C@](C)(C(=O)NC5CCCCC5)CCC[C@@]4(C)C2=CC[C@@H]1C3. The summed E-state index contributed by atoms with van der Waals surface area (Å²) < 4.78 is 0. The van der Waals surface area contributed by atoms with E-state index in [9.17, 15) is 4.79 Å². The van der Waals surface area contributed by atoms with Crippen LogP contribution in [0.5, 0.6) is 0 Å². The third-order valence-electron chi connectivity index (χ3n) is 9.87. The standard InChI is InChI=1S/C26H39NO/c1-18-16-26-15-12-21-24(2,22(26)11-10-19(18)17-26)13-7-14-25(21,3)23(28)27-20-8-5-4-6-9-20/h11,19-21H,1,4-10,12-17H2,2-3H3,(H,27,28)/t19-,21+,24-,25-,26-/m1/s1. The van der Waals surface area contributed by atoms with E-state index in [1.807, 2.05) is 0 Å². The second-order valence-electron chi connectivity index (χ2n) is 11.5. The van der Waals surface area contributed by atoms with Crippen molar-refractivity contribution in [2.75, 3.05) is 0 Å². The van der Waals surface area contributed by atoms with Gasteiger partial charge in [0.05, 0.1) is 5.41 Å². The highest BCUT2D eigenvalue weighted by Gasteiger charge is 2.62. The van der Waals surface area contributed by atoms with Gasteiger partial charge in [0, 0.05) is 6.04 Å². The Bertz CT molecular complexity index is 716. The average molecular weight is 382 g/mol. The molecule has 0 saturated heterocycles. The second kappa shape index (κ2) is 6.47. The molecule has 4 fully saturated rings. The maximum Gasteiger partial charge on any atom is 0.226 e. The third kappa shape index (κ3) is 2.62. The van der Waals surface area contributed by atoms with Gasteiger partial charge in [-0.05, 0) is 80.5 Å². The number of carbonyl (C=O) groups excluding carboxylic acids is 1. The van der Waals surface area contributed by atoms with Crippen molar-refractivity contribution >= 4 is 5.91 Å². The van der Waals surface area contributed by atoms with Crippen molar-refractivity contribution in [3.63, 3.8) is 0 Å². The summed E-state index contributed by atoms with van der Waals surface area (Å²) in [5.41, 5.74) is 3.65. The molecule has 5 rings (SSSR count). The van der Waals surface area contributed by atoms with E-state index in [4.69, 9.17) is 0 Å². The molecule has 5 aliphatic rings. The number of nitrogens with one attached hydrogen (secondary N) is 1. The summed E-state index contributed by atoms with van der Waals surface area (Å²) in [4.78, 5) is 13.6. The number of fused-ring (bicyclic) bond motifs is 3. The van der Waals surface area contributed by atoms with Gasteiger partial charge in [-0.25, -0.2) is 0 Å². The van der Waals surface area contributed by atoms with Crippen molar-refractivity contribution < 1.29 is 4.79 Å². The highest BCUT2D eigenvalue weighted by molar-refractivity contribution is 5.83. The van der Waals surface area contributed by atoms with Crippen LogP contribution in [0.25, 0.3) is 0 Å². The van der Waals surface area contributed by atoms with Crippen molar-refractivity contribution in [2.45, 2.75) is 103 Å². The van der Waals surface area contributed by atoms with E-state index in [0.717, 1.165) is 12.3 Å². The molecular formula is C26H39NO. The molecule has 28 heavy (non-hydrogen) atoms. The number of rotatable bonds is 2. The number of allylic oxidation sites excluding steroid dienone is 3. The van der Waals surface area contributed by atoms with Gasteiger partial charge in [0.25, 0.3) is 0 Å². The van der Waals surface area contributed by atoms with Gasteiger partial charge < -0.3 is 5.32 Å². The molecule has 0 aromatic heterocycles. The van der Waals surface area contributed by atoms with Gasteiger partial charge in [-0.3, -0.25) is 4.79 Å². The summed E-state index contributed by atoms with van der Waals surface area (Å²) in [6.45, 7) is 9.27. The molecule has 2 bridgehead atoms. The predicted octanol–water partition coefficient (Wildman–Crippen LogP) is 6.32. The molecule has 4 saturated carbocycles. The predicted molar refractivity (Wildman–Crippen MR) is 115 cm³/mol. The molecule has 2 nitrogen and oxygen atoms in total. The molecule has 5 atom stereocenters. The lowest BCUT2D eigenvalue weighted by atomic mass is 9.44. The topological polar surface area (TPSA) is 29.1 Å². The van der Waals surface area contributed by atoms with E-state index in [0.29, 0.717) is 23.3 Å². The lowest BCUT2D eigenvalue weighted by Crippen LogP contribution is -2.57. The lowest BCUT2D eigenvalue weighted by Gasteiger charge is -2.60. The highest BCUT2D eigenvalue weighted by Crippen LogP contribution is 2.70. The second-order valence-corrected chi connectivity index (χ2v) is 11.5. The number of carbonyl (C=O) groups is 1. The van der Waals surface area contributed by atoms with Crippen molar-refractivity contribution in [1.82, 2.24) is 5.32 Å². The van der Waals surface area contributed by atoms with E-state index < -0.39 is 0 Å². The van der Waals surface area contributed by atoms with Crippen LogP contribution in [-0.2, 0) is 4.79 Å². The number of hydrogen-bond donors (Lipinski definition) is 1. The Balaban J connectivity index is 1.43. The molecule has 1 N–H and O–H groups in total. The van der Waals surface area contributed by atoms with E-state index >= 15 is 0 Å². The Kier molecular flexibility index (Phi) is 4.38. The van der Waals surface area contributed by atoms with Crippen LogP contribution >= 0.6 is 0 Å². The van der Waals surface area contributed by atoms with Crippen LogP contribution in [0.15, 0.2) is 23.8 Å². The van der Waals surface area contributed by atoms with E-state index in [2.05, 4.69) is 31.8 Å². The van der Waals surface area contributed by atoms with Gasteiger partial charge in [-0.1, -0.05) is 63.3 Å². The molecule has 0 aromatic carbocycles. The van der Waals surface area contributed by atoms with Crippen LogP contribution in [0.3, 0.4) is 0 Å². The molecule has 0 heterocycles. The quantitative estimate of drug-likeness (QED) is 0.557. The molecule has 2 heteroatoms. The summed E-state index contributed by atoms with van der Waals surface area (Å²) in [6, 6.07) is 0.425. The fraction of sp³-hybridized carbons (Fsp3) is 0.808. The zero-order chi connectivity index (χ0) is 19.6. The summed E-state index contributed by atoms with van der Waals surface area (Å²) in [6.07, 6.45) is 18.7. The van der Waals surface area contributed by atoms with Gasteiger partial charge in [-0.2, -0.15) is 0 Å². The smallest absolute Gasteiger partial charge is 0.226 e. The van der Waals surface area contributed by atoms with Crippen molar-refractivity contribution in [3.05, 3.63) is 23.8 Å². The Morgan fingerprint density at radius 2 is 1.86 bits per heavy atom. The Hall–Kier alpha value is -1.05. The van der Waals surface area contributed by atoms with Gasteiger partial charge in [-0.15, -0.1) is 0 Å². The zero-order valence-electron chi connectivity index (χ0n) is 18.1. The van der Waals surface area contributed by atoms with Gasteiger partial charge in [0.15, 0.2) is 0 Å². The van der Waals surface area contributed by atoms with Crippen molar-refractivity contribution in [1.29, 1.82) is 0 Å². The summed E-state index contributed by atoms with van der Waals surface area (Å²) in [7, 11) is 0. The lowest BCUT2D eigenvalue weighted by molar-refractivity contribution is -0.144. The summed E-state index contributed by atoms with van der Waals surface area (Å²) >= 11 is 0. The zero-order valence-corrected chi connectivity index (χ0v) is 18.1. The van der Waals surface area contributed by atoms with E-state index in [1.165, 1.54) is 82.6 Å². The Labute approximate surface area is 171 Å². The van der Waals surface area contributed by atoms with Crippen LogP contribution in [0, 0.1) is 28.1 Å². The summed E-state index contributed by atoms with van der Waals surface area (Å²) in [5, 5.41) is 3.52. The highest BCUT2D eigenvalue weighted by atomic mass is 16.2. The summed E-state index contributed by atoms with van der Waals surface area (Å²) in [5.74, 6) is 1.60. The van der Waals surface area contributed by atoms with Crippen molar-refractivity contribution in [3.8, 4) is 0 Å². The molecule has 5 aliphatic carbocycles.